The molecule has 0 saturated heterocycles. The molecule has 0 spiro atoms. The molecule has 0 atom stereocenters. The third kappa shape index (κ3) is 3.30. The van der Waals surface area contributed by atoms with E-state index in [2.05, 4.69) is 10.6 Å². The maximum atomic E-state index is 13.4. The SMILES string of the molecule is CNC(=O)CNC(=O)c1cc2sccc2n1Cc1cccc(F)c1. The Morgan fingerprint density at radius 2 is 2.08 bits per heavy atom. The van der Waals surface area contributed by atoms with E-state index in [9.17, 15) is 14.0 Å². The number of carbonyl (C=O) groups is 2. The largest absolute Gasteiger partial charge is 0.358 e. The van der Waals surface area contributed by atoms with Gasteiger partial charge in [-0.15, -0.1) is 11.3 Å². The first-order valence-corrected chi connectivity index (χ1v) is 8.26. The summed E-state index contributed by atoms with van der Waals surface area (Å²) in [7, 11) is 1.51. The van der Waals surface area contributed by atoms with Crippen molar-refractivity contribution in [2.45, 2.75) is 6.54 Å². The molecule has 2 aromatic heterocycles. The van der Waals surface area contributed by atoms with Gasteiger partial charge in [-0.25, -0.2) is 4.39 Å². The van der Waals surface area contributed by atoms with E-state index in [-0.39, 0.29) is 24.2 Å². The Bertz CT molecular complexity index is 900. The smallest absolute Gasteiger partial charge is 0.268 e. The summed E-state index contributed by atoms with van der Waals surface area (Å²) < 4.78 is 16.2. The highest BCUT2D eigenvalue weighted by Crippen LogP contribution is 2.26. The van der Waals surface area contributed by atoms with Gasteiger partial charge in [-0.05, 0) is 35.2 Å². The van der Waals surface area contributed by atoms with Gasteiger partial charge >= 0.3 is 0 Å². The van der Waals surface area contributed by atoms with Crippen LogP contribution < -0.4 is 10.6 Å². The highest BCUT2D eigenvalue weighted by molar-refractivity contribution is 7.17. The second kappa shape index (κ2) is 6.84. The van der Waals surface area contributed by atoms with E-state index in [1.54, 1.807) is 12.1 Å². The summed E-state index contributed by atoms with van der Waals surface area (Å²) in [5.74, 6) is -0.918. The predicted octanol–water partition coefficient (Wildman–Crippen LogP) is 2.37. The van der Waals surface area contributed by atoms with Crippen molar-refractivity contribution in [3.05, 3.63) is 58.9 Å². The molecule has 0 aliphatic rings. The maximum absolute atomic E-state index is 13.4. The average molecular weight is 345 g/mol. The van der Waals surface area contributed by atoms with E-state index in [1.807, 2.05) is 22.1 Å². The van der Waals surface area contributed by atoms with E-state index < -0.39 is 0 Å². The topological polar surface area (TPSA) is 63.1 Å². The molecule has 0 fully saturated rings. The molecule has 0 saturated carbocycles. The molecular formula is C17H16FN3O2S. The third-order valence-electron chi connectivity index (χ3n) is 3.67. The fraction of sp³-hybridized carbons (Fsp3) is 0.176. The number of likely N-dealkylation sites (N-methyl/N-ethyl adjacent to an activating group) is 1. The fourth-order valence-corrected chi connectivity index (χ4v) is 3.32. The predicted molar refractivity (Wildman–Crippen MR) is 91.7 cm³/mol. The number of hydrogen-bond acceptors (Lipinski definition) is 3. The minimum absolute atomic E-state index is 0.0892. The quantitative estimate of drug-likeness (QED) is 0.746. The van der Waals surface area contributed by atoms with Crippen molar-refractivity contribution in [2.24, 2.45) is 0 Å². The molecule has 2 amide bonds. The number of carbonyl (C=O) groups excluding carboxylic acids is 2. The number of fused-ring (bicyclic) bond motifs is 1. The van der Waals surface area contributed by atoms with Gasteiger partial charge in [-0.2, -0.15) is 0 Å². The summed E-state index contributed by atoms with van der Waals surface area (Å²) in [6.07, 6.45) is 0. The number of nitrogens with one attached hydrogen (secondary N) is 2. The van der Waals surface area contributed by atoms with Gasteiger partial charge in [0.1, 0.15) is 11.5 Å². The zero-order valence-corrected chi connectivity index (χ0v) is 13.8. The third-order valence-corrected chi connectivity index (χ3v) is 4.53. The molecule has 24 heavy (non-hydrogen) atoms. The van der Waals surface area contributed by atoms with Crippen molar-refractivity contribution in [2.75, 3.05) is 13.6 Å². The number of nitrogens with zero attached hydrogens (tertiary/aromatic N) is 1. The molecule has 0 aliphatic heterocycles. The molecule has 3 aromatic rings. The number of rotatable bonds is 5. The van der Waals surface area contributed by atoms with E-state index in [0.29, 0.717) is 12.2 Å². The molecule has 0 aliphatic carbocycles. The molecular weight excluding hydrogens is 329 g/mol. The van der Waals surface area contributed by atoms with Crippen molar-refractivity contribution in [1.82, 2.24) is 15.2 Å². The van der Waals surface area contributed by atoms with Crippen LogP contribution in [0.25, 0.3) is 10.2 Å². The second-order valence-electron chi connectivity index (χ2n) is 5.27. The number of amides is 2. The Kier molecular flexibility index (Phi) is 4.61. The molecule has 124 valence electrons. The van der Waals surface area contributed by atoms with Crippen LogP contribution in [0.2, 0.25) is 0 Å². The maximum Gasteiger partial charge on any atom is 0.268 e. The van der Waals surface area contributed by atoms with Crippen molar-refractivity contribution < 1.29 is 14.0 Å². The number of aromatic nitrogens is 1. The zero-order chi connectivity index (χ0) is 17.1. The second-order valence-corrected chi connectivity index (χ2v) is 6.22. The molecule has 1 aromatic carbocycles. The van der Waals surface area contributed by atoms with Crippen LogP contribution in [0.1, 0.15) is 16.1 Å². The molecule has 0 unspecified atom stereocenters. The highest BCUT2D eigenvalue weighted by atomic mass is 32.1. The lowest BCUT2D eigenvalue weighted by Gasteiger charge is -2.11. The first-order chi connectivity index (χ1) is 11.6. The summed E-state index contributed by atoms with van der Waals surface area (Å²) in [6, 6.07) is 10.0. The Morgan fingerprint density at radius 3 is 2.83 bits per heavy atom. The minimum Gasteiger partial charge on any atom is -0.358 e. The fourth-order valence-electron chi connectivity index (χ4n) is 2.49. The van der Waals surface area contributed by atoms with E-state index in [4.69, 9.17) is 0 Å². The van der Waals surface area contributed by atoms with Crippen molar-refractivity contribution in [3.63, 3.8) is 0 Å². The van der Waals surface area contributed by atoms with Crippen LogP contribution in [0.5, 0.6) is 0 Å². The summed E-state index contributed by atoms with van der Waals surface area (Å²) in [5, 5.41) is 6.99. The summed E-state index contributed by atoms with van der Waals surface area (Å²) in [4.78, 5) is 23.7. The lowest BCUT2D eigenvalue weighted by atomic mass is 10.2. The lowest BCUT2D eigenvalue weighted by molar-refractivity contribution is -0.119. The van der Waals surface area contributed by atoms with Crippen LogP contribution in [0, 0.1) is 5.82 Å². The van der Waals surface area contributed by atoms with Crippen LogP contribution >= 0.6 is 11.3 Å². The van der Waals surface area contributed by atoms with E-state index in [1.165, 1.54) is 30.5 Å². The van der Waals surface area contributed by atoms with Gasteiger partial charge in [0.25, 0.3) is 5.91 Å². The monoisotopic (exact) mass is 345 g/mol. The van der Waals surface area contributed by atoms with Gasteiger partial charge in [0.05, 0.1) is 16.8 Å². The molecule has 3 rings (SSSR count). The standard InChI is InChI=1S/C17H16FN3O2S/c1-19-16(22)9-20-17(23)14-8-15-13(5-6-24-15)21(14)10-11-3-2-4-12(18)7-11/h2-8H,9-10H2,1H3,(H,19,22)(H,20,23). The van der Waals surface area contributed by atoms with Gasteiger partial charge in [0.2, 0.25) is 5.91 Å². The van der Waals surface area contributed by atoms with Crippen LogP contribution in [-0.4, -0.2) is 30.0 Å². The van der Waals surface area contributed by atoms with Crippen molar-refractivity contribution in [1.29, 1.82) is 0 Å². The average Bonchev–Trinajstić information content (AvgIpc) is 3.15. The molecule has 2 heterocycles. The summed E-state index contributed by atoms with van der Waals surface area (Å²) >= 11 is 1.53. The van der Waals surface area contributed by atoms with Gasteiger partial charge in [-0.1, -0.05) is 12.1 Å². The van der Waals surface area contributed by atoms with Crippen molar-refractivity contribution in [3.8, 4) is 0 Å². The van der Waals surface area contributed by atoms with Crippen LogP contribution in [-0.2, 0) is 11.3 Å². The Labute approximate surface area is 142 Å². The van der Waals surface area contributed by atoms with Gasteiger partial charge < -0.3 is 15.2 Å². The zero-order valence-electron chi connectivity index (χ0n) is 13.0. The van der Waals surface area contributed by atoms with Gasteiger partial charge in [-0.3, -0.25) is 9.59 Å². The molecule has 5 nitrogen and oxygen atoms in total. The lowest BCUT2D eigenvalue weighted by Crippen LogP contribution is -2.36. The molecule has 7 heteroatoms. The van der Waals surface area contributed by atoms with Crippen molar-refractivity contribution >= 4 is 33.4 Å². The number of hydrogen-bond donors (Lipinski definition) is 2. The van der Waals surface area contributed by atoms with E-state index in [0.717, 1.165) is 15.8 Å². The van der Waals surface area contributed by atoms with Gasteiger partial charge in [0, 0.05) is 13.6 Å². The molecule has 0 bridgehead atoms. The highest BCUT2D eigenvalue weighted by Gasteiger charge is 2.17. The number of halogens is 1. The van der Waals surface area contributed by atoms with E-state index >= 15 is 0 Å². The first-order valence-electron chi connectivity index (χ1n) is 7.38. The summed E-state index contributed by atoms with van der Waals surface area (Å²) in [5.41, 5.74) is 2.12. The Hall–Kier alpha value is -2.67. The summed E-state index contributed by atoms with van der Waals surface area (Å²) in [6.45, 7) is 0.287. The Morgan fingerprint density at radius 1 is 1.25 bits per heavy atom. The number of benzene rings is 1. The molecule has 2 N–H and O–H groups in total. The molecule has 0 radical (unpaired) electrons. The van der Waals surface area contributed by atoms with Crippen LogP contribution in [0.3, 0.4) is 0 Å². The van der Waals surface area contributed by atoms with Gasteiger partial charge in [0.15, 0.2) is 0 Å². The normalized spacial score (nSPS) is 10.8. The van der Waals surface area contributed by atoms with Crippen LogP contribution in [0.4, 0.5) is 4.39 Å². The Balaban J connectivity index is 1.92. The first kappa shape index (κ1) is 16.2. The minimum atomic E-state index is -0.335. The van der Waals surface area contributed by atoms with Crippen LogP contribution in [0.15, 0.2) is 41.8 Å². The number of thiophene rings is 1.